The largest absolute Gasteiger partial charge is 0.0775 e. The van der Waals surface area contributed by atoms with E-state index in [2.05, 4.69) is 6.92 Å². The molecular weight excluding hydrogens is 247 g/mol. The monoisotopic (exact) mass is 283 g/mol. The van der Waals surface area contributed by atoms with Gasteiger partial charge in [-0.15, -0.1) is 0 Å². The van der Waals surface area contributed by atoms with Gasteiger partial charge in [0.25, 0.3) is 0 Å². The summed E-state index contributed by atoms with van der Waals surface area (Å²) in [6.07, 6.45) is 23.8. The number of hydrogen-bond donors (Lipinski definition) is 0. The van der Waals surface area contributed by atoms with Gasteiger partial charge < -0.3 is 0 Å². The molecule has 0 amide bonds. The second kappa shape index (κ2) is 13.4. The lowest BCUT2D eigenvalue weighted by atomic mass is 10.1. The maximum atomic E-state index is 2.30. The molecule has 0 nitrogen and oxygen atoms in total. The highest BCUT2D eigenvalue weighted by Gasteiger charge is 2.11. The summed E-state index contributed by atoms with van der Waals surface area (Å²) in [5.74, 6) is 0. The Morgan fingerprint density at radius 1 is 0.684 bits per heavy atom. The summed E-state index contributed by atoms with van der Waals surface area (Å²) in [5.41, 5.74) is 1.07. The van der Waals surface area contributed by atoms with Gasteiger partial charge in [0.05, 0.1) is 0 Å². The Kier molecular flexibility index (Phi) is 12.3. The quantitative estimate of drug-likeness (QED) is 0.214. The summed E-state index contributed by atoms with van der Waals surface area (Å²) >= 11 is 0. The highest BCUT2D eigenvalue weighted by Crippen LogP contribution is 2.32. The molecule has 1 rings (SSSR count). The van der Waals surface area contributed by atoms with E-state index in [1.807, 2.05) is 0 Å². The minimum atomic E-state index is 1.07. The molecule has 0 aliphatic heterocycles. The number of hydrogen-bond acceptors (Lipinski definition) is 0. The van der Waals surface area contributed by atoms with Crippen LogP contribution in [0.4, 0.5) is 0 Å². The van der Waals surface area contributed by atoms with Crippen molar-refractivity contribution >= 4 is 8.58 Å². The van der Waals surface area contributed by atoms with Crippen LogP contribution in [0.2, 0.25) is 0 Å². The van der Waals surface area contributed by atoms with Gasteiger partial charge in [0.1, 0.15) is 0 Å². The van der Waals surface area contributed by atoms with Crippen molar-refractivity contribution in [1.82, 2.24) is 0 Å². The molecule has 0 heterocycles. The van der Waals surface area contributed by atoms with E-state index in [0.717, 1.165) is 5.66 Å². The van der Waals surface area contributed by atoms with E-state index < -0.39 is 0 Å². The third kappa shape index (κ3) is 10.8. The predicted octanol–water partition coefficient (Wildman–Crippen LogP) is 7.19. The zero-order chi connectivity index (χ0) is 13.6. The molecule has 0 aromatic carbocycles. The van der Waals surface area contributed by atoms with E-state index in [4.69, 9.17) is 0 Å². The fourth-order valence-corrected chi connectivity index (χ4v) is 4.64. The van der Waals surface area contributed by atoms with Gasteiger partial charge in [-0.1, -0.05) is 92.6 Å². The van der Waals surface area contributed by atoms with E-state index in [1.165, 1.54) is 102 Å². The summed E-state index contributed by atoms with van der Waals surface area (Å²) in [4.78, 5) is 0. The van der Waals surface area contributed by atoms with Crippen molar-refractivity contribution in [3.63, 3.8) is 0 Å². The molecular formula is C18H36P. The standard InChI is InChI=1S/C18H36P/c1-2-3-4-5-6-7-8-11-14-17-19-18-15-12-9-10-13-16-18/h18H,2-17H2,1H3. The van der Waals surface area contributed by atoms with Crippen LogP contribution in [0.15, 0.2) is 0 Å². The summed E-state index contributed by atoms with van der Waals surface area (Å²) < 4.78 is 0. The smallest absolute Gasteiger partial charge is 0.0170 e. The van der Waals surface area contributed by atoms with Gasteiger partial charge in [-0.05, 0) is 31.1 Å². The molecule has 0 spiro atoms. The molecule has 1 radical (unpaired) electrons. The third-order valence-corrected chi connectivity index (χ3v) is 6.08. The average Bonchev–Trinajstić information content (AvgIpc) is 2.69. The molecule has 1 aliphatic carbocycles. The predicted molar refractivity (Wildman–Crippen MR) is 90.5 cm³/mol. The molecule has 0 unspecified atom stereocenters. The van der Waals surface area contributed by atoms with Crippen molar-refractivity contribution in [3.05, 3.63) is 0 Å². The van der Waals surface area contributed by atoms with Gasteiger partial charge in [0, 0.05) is 0 Å². The fraction of sp³-hybridized carbons (Fsp3) is 1.00. The van der Waals surface area contributed by atoms with Crippen LogP contribution in [0, 0.1) is 0 Å². The molecule has 0 aromatic rings. The highest BCUT2D eigenvalue weighted by atomic mass is 31.1. The van der Waals surface area contributed by atoms with Gasteiger partial charge in [0.15, 0.2) is 0 Å². The van der Waals surface area contributed by atoms with Gasteiger partial charge in [-0.25, -0.2) is 0 Å². The Balaban J connectivity index is 1.78. The SMILES string of the molecule is CCCCCCCCCCC[P]C1CCCCCC1. The highest BCUT2D eigenvalue weighted by molar-refractivity contribution is 7.38. The topological polar surface area (TPSA) is 0 Å². The minimum absolute atomic E-state index is 1.07. The van der Waals surface area contributed by atoms with Crippen molar-refractivity contribution in [2.45, 2.75) is 109 Å². The molecule has 0 bridgehead atoms. The molecule has 1 heteroatoms. The van der Waals surface area contributed by atoms with Crippen LogP contribution in [-0.4, -0.2) is 11.8 Å². The lowest BCUT2D eigenvalue weighted by Gasteiger charge is -2.12. The molecule has 113 valence electrons. The second-order valence-corrected chi connectivity index (χ2v) is 7.92. The number of rotatable bonds is 11. The Labute approximate surface area is 124 Å². The van der Waals surface area contributed by atoms with E-state index in [9.17, 15) is 0 Å². The summed E-state index contributed by atoms with van der Waals surface area (Å²) in [6.45, 7) is 2.30. The summed E-state index contributed by atoms with van der Waals surface area (Å²) in [5, 5.41) is 0. The molecule has 0 atom stereocenters. The Morgan fingerprint density at radius 2 is 1.21 bits per heavy atom. The molecule has 0 aromatic heterocycles. The maximum absolute atomic E-state index is 2.30. The fourth-order valence-electron chi connectivity index (χ4n) is 3.14. The van der Waals surface area contributed by atoms with Crippen LogP contribution in [0.25, 0.3) is 0 Å². The van der Waals surface area contributed by atoms with Crippen molar-refractivity contribution < 1.29 is 0 Å². The Morgan fingerprint density at radius 3 is 1.79 bits per heavy atom. The molecule has 1 aliphatic rings. The molecule has 19 heavy (non-hydrogen) atoms. The van der Waals surface area contributed by atoms with Gasteiger partial charge in [-0.3, -0.25) is 0 Å². The first-order chi connectivity index (χ1) is 9.43. The molecule has 1 saturated carbocycles. The zero-order valence-electron chi connectivity index (χ0n) is 13.3. The minimum Gasteiger partial charge on any atom is -0.0775 e. The first kappa shape index (κ1) is 17.5. The van der Waals surface area contributed by atoms with Crippen LogP contribution in [0.5, 0.6) is 0 Å². The van der Waals surface area contributed by atoms with Crippen molar-refractivity contribution in [2.75, 3.05) is 6.16 Å². The average molecular weight is 283 g/mol. The lowest BCUT2D eigenvalue weighted by molar-refractivity contribution is 0.573. The van der Waals surface area contributed by atoms with E-state index in [-0.39, 0.29) is 0 Å². The zero-order valence-corrected chi connectivity index (χ0v) is 14.2. The lowest BCUT2D eigenvalue weighted by Crippen LogP contribution is -1.99. The molecule has 0 saturated heterocycles. The summed E-state index contributed by atoms with van der Waals surface area (Å²) in [6, 6.07) is 0. The van der Waals surface area contributed by atoms with E-state index in [0.29, 0.717) is 0 Å². The van der Waals surface area contributed by atoms with Crippen LogP contribution in [-0.2, 0) is 0 Å². The Hall–Kier alpha value is 0.430. The van der Waals surface area contributed by atoms with Crippen LogP contribution in [0.1, 0.15) is 103 Å². The summed E-state index contributed by atoms with van der Waals surface area (Å²) in [7, 11) is 1.79. The van der Waals surface area contributed by atoms with Gasteiger partial charge in [0.2, 0.25) is 0 Å². The van der Waals surface area contributed by atoms with Crippen LogP contribution >= 0.6 is 8.58 Å². The van der Waals surface area contributed by atoms with Crippen molar-refractivity contribution in [2.24, 2.45) is 0 Å². The van der Waals surface area contributed by atoms with Crippen molar-refractivity contribution in [3.8, 4) is 0 Å². The van der Waals surface area contributed by atoms with E-state index in [1.54, 1.807) is 8.58 Å². The Bertz CT molecular complexity index is 171. The normalized spacial score (nSPS) is 18.2. The van der Waals surface area contributed by atoms with E-state index >= 15 is 0 Å². The molecule has 1 fully saturated rings. The maximum Gasteiger partial charge on any atom is -0.0170 e. The second-order valence-electron chi connectivity index (χ2n) is 6.38. The molecule has 0 N–H and O–H groups in total. The van der Waals surface area contributed by atoms with Gasteiger partial charge in [-0.2, -0.15) is 0 Å². The first-order valence-electron chi connectivity index (χ1n) is 9.10. The third-order valence-electron chi connectivity index (χ3n) is 4.47. The van der Waals surface area contributed by atoms with Crippen molar-refractivity contribution in [1.29, 1.82) is 0 Å². The number of unbranched alkanes of at least 4 members (excludes halogenated alkanes) is 8. The first-order valence-corrected chi connectivity index (χ1v) is 10.2. The van der Waals surface area contributed by atoms with Crippen LogP contribution < -0.4 is 0 Å². The van der Waals surface area contributed by atoms with Gasteiger partial charge >= 0.3 is 0 Å². The van der Waals surface area contributed by atoms with Crippen LogP contribution in [0.3, 0.4) is 0 Å².